The van der Waals surface area contributed by atoms with E-state index in [-0.39, 0.29) is 17.9 Å². The van der Waals surface area contributed by atoms with Gasteiger partial charge in [0.1, 0.15) is 11.9 Å². The van der Waals surface area contributed by atoms with Crippen molar-refractivity contribution in [2.24, 2.45) is 5.41 Å². The van der Waals surface area contributed by atoms with E-state index in [1.807, 2.05) is 0 Å². The summed E-state index contributed by atoms with van der Waals surface area (Å²) < 4.78 is 11.8. The van der Waals surface area contributed by atoms with Crippen LogP contribution in [-0.2, 0) is 16.0 Å². The normalized spacial score (nSPS) is 24.3. The van der Waals surface area contributed by atoms with Crippen molar-refractivity contribution in [2.45, 2.75) is 63.0 Å². The molecule has 1 aliphatic carbocycles. The van der Waals surface area contributed by atoms with Gasteiger partial charge in [-0.2, -0.15) is 0 Å². The number of aliphatic carboxylic acids is 1. The Morgan fingerprint density at radius 2 is 1.86 bits per heavy atom. The molecular weight excluding hydrogens is 452 g/mol. The summed E-state index contributed by atoms with van der Waals surface area (Å²) in [5.41, 5.74) is 2.93. The van der Waals surface area contributed by atoms with Crippen LogP contribution in [0.15, 0.2) is 54.6 Å². The Morgan fingerprint density at radius 1 is 1.08 bits per heavy atom. The average Bonchev–Trinajstić information content (AvgIpc) is 3.69. The Morgan fingerprint density at radius 3 is 2.61 bits per heavy atom. The first-order chi connectivity index (χ1) is 17.6. The Balaban J connectivity index is 1.23. The monoisotopic (exact) mass is 492 g/mol. The lowest BCUT2D eigenvalue weighted by Crippen LogP contribution is -2.47. The van der Waals surface area contributed by atoms with Crippen LogP contribution >= 0.6 is 0 Å². The molecule has 3 aliphatic rings. The molecular formula is C30H40N2O4. The van der Waals surface area contributed by atoms with Crippen LogP contribution in [0.4, 0.5) is 0 Å². The molecule has 6 heteroatoms. The molecule has 2 aromatic rings. The molecule has 2 N–H and O–H groups in total. The minimum atomic E-state index is -0.712. The molecule has 0 amide bonds. The number of carboxylic acids is 1. The lowest BCUT2D eigenvalue weighted by molar-refractivity contribution is -0.137. The van der Waals surface area contributed by atoms with E-state index in [0.717, 1.165) is 70.7 Å². The molecule has 194 valence electrons. The Labute approximate surface area is 215 Å². The predicted molar refractivity (Wildman–Crippen MR) is 141 cm³/mol. The Kier molecular flexibility index (Phi) is 8.25. The van der Waals surface area contributed by atoms with E-state index in [0.29, 0.717) is 18.5 Å². The standard InChI is InChI=1S/C30H40N2O4/c33-29(34)9-14-32-15-12-30(13-16-32,22-31-28-20-27(28)24-6-2-1-3-7-24)21-23-5-4-8-26(19-23)36-25-10-17-35-18-11-25/h1-8,19,25,27-28,31H,9-18,20-22H2,(H,33,34)/t27?,28-/m1/s1. The molecule has 2 aliphatic heterocycles. The molecule has 0 radical (unpaired) electrons. The minimum Gasteiger partial charge on any atom is -0.490 e. The molecule has 6 nitrogen and oxygen atoms in total. The number of nitrogens with one attached hydrogen (secondary N) is 1. The summed E-state index contributed by atoms with van der Waals surface area (Å²) in [6.45, 7) is 5.12. The molecule has 2 aromatic carbocycles. The van der Waals surface area contributed by atoms with Crippen molar-refractivity contribution >= 4 is 5.97 Å². The van der Waals surface area contributed by atoms with Crippen LogP contribution in [0.25, 0.3) is 0 Å². The quantitative estimate of drug-likeness (QED) is 0.482. The summed E-state index contributed by atoms with van der Waals surface area (Å²) >= 11 is 0. The second kappa shape index (κ2) is 11.8. The zero-order valence-corrected chi connectivity index (χ0v) is 21.2. The SMILES string of the molecule is O=C(O)CCN1CCC(CN[C@@H]2CC2c2ccccc2)(Cc2cccc(OC3CCOCC3)c2)CC1. The van der Waals surface area contributed by atoms with Crippen molar-refractivity contribution in [3.63, 3.8) is 0 Å². The number of piperidine rings is 1. The Bertz CT molecular complexity index is 983. The molecule has 1 unspecified atom stereocenters. The number of carbonyl (C=O) groups is 1. The van der Waals surface area contributed by atoms with Crippen LogP contribution in [0.3, 0.4) is 0 Å². The first kappa shape index (κ1) is 25.2. The first-order valence-electron chi connectivity index (χ1n) is 13.6. The maximum absolute atomic E-state index is 11.1. The highest BCUT2D eigenvalue weighted by atomic mass is 16.5. The molecule has 2 heterocycles. The molecule has 36 heavy (non-hydrogen) atoms. The fraction of sp³-hybridized carbons (Fsp3) is 0.567. The third-order valence-corrected chi connectivity index (χ3v) is 8.26. The third kappa shape index (κ3) is 6.87. The number of ether oxygens (including phenoxy) is 2. The summed E-state index contributed by atoms with van der Waals surface area (Å²) in [6, 6.07) is 20.1. The van der Waals surface area contributed by atoms with Crippen LogP contribution < -0.4 is 10.1 Å². The van der Waals surface area contributed by atoms with Gasteiger partial charge in [-0.3, -0.25) is 4.79 Å². The third-order valence-electron chi connectivity index (χ3n) is 8.26. The number of hydrogen-bond acceptors (Lipinski definition) is 5. The number of carboxylic acid groups (broad SMARTS) is 1. The summed E-state index contributed by atoms with van der Waals surface area (Å²) in [7, 11) is 0. The second-order valence-corrected chi connectivity index (χ2v) is 11.0. The number of rotatable bonds is 11. The predicted octanol–water partition coefficient (Wildman–Crippen LogP) is 4.49. The van der Waals surface area contributed by atoms with Crippen LogP contribution in [0.2, 0.25) is 0 Å². The van der Waals surface area contributed by atoms with Crippen LogP contribution in [0.1, 0.15) is 55.6 Å². The number of hydrogen-bond donors (Lipinski definition) is 2. The summed E-state index contributed by atoms with van der Waals surface area (Å²) in [5, 5.41) is 13.0. The topological polar surface area (TPSA) is 71.0 Å². The zero-order valence-electron chi connectivity index (χ0n) is 21.2. The zero-order chi connectivity index (χ0) is 24.8. The van der Waals surface area contributed by atoms with Crippen LogP contribution in [-0.4, -0.2) is 67.5 Å². The van der Waals surface area contributed by atoms with Gasteiger partial charge in [0.05, 0.1) is 19.6 Å². The van der Waals surface area contributed by atoms with Crippen molar-refractivity contribution in [1.29, 1.82) is 0 Å². The van der Waals surface area contributed by atoms with Gasteiger partial charge in [-0.15, -0.1) is 0 Å². The van der Waals surface area contributed by atoms with E-state index in [4.69, 9.17) is 14.6 Å². The van der Waals surface area contributed by atoms with Gasteiger partial charge in [0.2, 0.25) is 0 Å². The summed E-state index contributed by atoms with van der Waals surface area (Å²) in [6.07, 6.45) is 6.74. The van der Waals surface area contributed by atoms with Gasteiger partial charge in [-0.25, -0.2) is 0 Å². The van der Waals surface area contributed by atoms with Crippen molar-refractivity contribution in [3.8, 4) is 5.75 Å². The molecule has 5 rings (SSSR count). The highest BCUT2D eigenvalue weighted by molar-refractivity contribution is 5.66. The highest BCUT2D eigenvalue weighted by Gasteiger charge is 2.41. The first-order valence-corrected chi connectivity index (χ1v) is 13.6. The fourth-order valence-electron chi connectivity index (χ4n) is 5.91. The number of benzene rings is 2. The smallest absolute Gasteiger partial charge is 0.304 e. The summed E-state index contributed by atoms with van der Waals surface area (Å²) in [4.78, 5) is 13.4. The molecule has 2 atom stereocenters. The van der Waals surface area contributed by atoms with Gasteiger partial charge < -0.3 is 24.8 Å². The highest BCUT2D eigenvalue weighted by Crippen LogP contribution is 2.42. The van der Waals surface area contributed by atoms with E-state index in [2.05, 4.69) is 64.8 Å². The molecule has 3 fully saturated rings. The molecule has 0 bridgehead atoms. The van der Waals surface area contributed by atoms with Gasteiger partial charge >= 0.3 is 5.97 Å². The fourth-order valence-corrected chi connectivity index (χ4v) is 5.91. The van der Waals surface area contributed by atoms with Gasteiger partial charge in [0, 0.05) is 37.9 Å². The maximum Gasteiger partial charge on any atom is 0.304 e. The largest absolute Gasteiger partial charge is 0.490 e. The molecule has 2 saturated heterocycles. The maximum atomic E-state index is 11.1. The minimum absolute atomic E-state index is 0.168. The van der Waals surface area contributed by atoms with E-state index in [9.17, 15) is 4.79 Å². The van der Waals surface area contributed by atoms with Gasteiger partial charge in [0.15, 0.2) is 0 Å². The van der Waals surface area contributed by atoms with Gasteiger partial charge in [-0.1, -0.05) is 42.5 Å². The van der Waals surface area contributed by atoms with Crippen molar-refractivity contribution in [1.82, 2.24) is 10.2 Å². The molecule has 0 aromatic heterocycles. The van der Waals surface area contributed by atoms with Gasteiger partial charge in [-0.05, 0) is 67.4 Å². The van der Waals surface area contributed by atoms with Crippen molar-refractivity contribution < 1.29 is 19.4 Å². The van der Waals surface area contributed by atoms with Crippen LogP contribution in [0, 0.1) is 5.41 Å². The van der Waals surface area contributed by atoms with E-state index in [1.54, 1.807) is 0 Å². The number of nitrogens with zero attached hydrogens (tertiary/aromatic N) is 1. The van der Waals surface area contributed by atoms with Crippen molar-refractivity contribution in [2.75, 3.05) is 39.4 Å². The average molecular weight is 493 g/mol. The van der Waals surface area contributed by atoms with E-state index < -0.39 is 5.97 Å². The second-order valence-electron chi connectivity index (χ2n) is 11.0. The van der Waals surface area contributed by atoms with Crippen molar-refractivity contribution in [3.05, 3.63) is 65.7 Å². The van der Waals surface area contributed by atoms with Crippen LogP contribution in [0.5, 0.6) is 5.75 Å². The van der Waals surface area contributed by atoms with Gasteiger partial charge in [0.25, 0.3) is 0 Å². The summed E-state index contributed by atoms with van der Waals surface area (Å²) in [5.74, 6) is 0.873. The molecule has 1 saturated carbocycles. The molecule has 0 spiro atoms. The Hall–Kier alpha value is -2.41. The lowest BCUT2D eigenvalue weighted by Gasteiger charge is -2.42. The number of likely N-dealkylation sites (tertiary alicyclic amines) is 1. The van der Waals surface area contributed by atoms with E-state index in [1.165, 1.54) is 17.5 Å². The lowest BCUT2D eigenvalue weighted by atomic mass is 9.73. The van der Waals surface area contributed by atoms with E-state index >= 15 is 0 Å².